The highest BCUT2D eigenvalue weighted by Crippen LogP contribution is 2.33. The van der Waals surface area contributed by atoms with E-state index in [2.05, 4.69) is 26.6 Å². The van der Waals surface area contributed by atoms with Crippen molar-refractivity contribution in [2.75, 3.05) is 17.2 Å². The predicted molar refractivity (Wildman–Crippen MR) is 92.5 cm³/mol. The van der Waals surface area contributed by atoms with Gasteiger partial charge in [-0.1, -0.05) is 51.3 Å². The summed E-state index contributed by atoms with van der Waals surface area (Å²) in [5, 5.41) is 6.67. The predicted octanol–water partition coefficient (Wildman–Crippen LogP) is 5.11. The molecule has 2 aromatic rings. The van der Waals surface area contributed by atoms with Crippen LogP contribution in [0.15, 0.2) is 40.9 Å². The van der Waals surface area contributed by atoms with Gasteiger partial charge in [0.05, 0.1) is 22.3 Å². The van der Waals surface area contributed by atoms with Crippen LogP contribution in [0, 0.1) is 6.92 Å². The highest BCUT2D eigenvalue weighted by atomic mass is 79.9. The SMILES string of the molecule is Cc1cccc(NC(=O)CNc2c(Cl)cc(Br)cc2Cl)c1. The van der Waals surface area contributed by atoms with Crippen LogP contribution in [0.5, 0.6) is 0 Å². The van der Waals surface area contributed by atoms with E-state index in [1.807, 2.05) is 31.2 Å². The molecule has 0 heterocycles. The number of halogens is 3. The summed E-state index contributed by atoms with van der Waals surface area (Å²) in [6, 6.07) is 11.0. The van der Waals surface area contributed by atoms with Gasteiger partial charge >= 0.3 is 0 Å². The minimum Gasteiger partial charge on any atom is -0.374 e. The third-order valence-corrected chi connectivity index (χ3v) is 3.79. The summed E-state index contributed by atoms with van der Waals surface area (Å²) in [5.74, 6) is -0.171. The summed E-state index contributed by atoms with van der Waals surface area (Å²) >= 11 is 15.5. The Morgan fingerprint density at radius 1 is 1.19 bits per heavy atom. The van der Waals surface area contributed by atoms with Gasteiger partial charge in [-0.15, -0.1) is 0 Å². The van der Waals surface area contributed by atoms with Crippen molar-refractivity contribution in [3.05, 3.63) is 56.5 Å². The highest BCUT2D eigenvalue weighted by Gasteiger charge is 2.09. The van der Waals surface area contributed by atoms with Crippen LogP contribution in [0.3, 0.4) is 0 Å². The molecule has 0 radical (unpaired) electrons. The van der Waals surface area contributed by atoms with Crippen molar-refractivity contribution in [2.24, 2.45) is 0 Å². The Bertz CT molecular complexity index is 653. The van der Waals surface area contributed by atoms with E-state index in [4.69, 9.17) is 23.2 Å². The van der Waals surface area contributed by atoms with Crippen LogP contribution < -0.4 is 10.6 Å². The van der Waals surface area contributed by atoms with Crippen LogP contribution >= 0.6 is 39.1 Å². The maximum atomic E-state index is 11.9. The summed E-state index contributed by atoms with van der Waals surface area (Å²) in [6.07, 6.45) is 0. The van der Waals surface area contributed by atoms with E-state index >= 15 is 0 Å². The third kappa shape index (κ3) is 4.63. The molecular weight excluding hydrogens is 375 g/mol. The van der Waals surface area contributed by atoms with E-state index in [0.29, 0.717) is 15.7 Å². The molecule has 3 nitrogen and oxygen atoms in total. The third-order valence-electron chi connectivity index (χ3n) is 2.73. The Morgan fingerprint density at radius 2 is 1.86 bits per heavy atom. The molecule has 0 spiro atoms. The fourth-order valence-electron chi connectivity index (χ4n) is 1.81. The van der Waals surface area contributed by atoms with Gasteiger partial charge in [0.2, 0.25) is 5.91 Å². The lowest BCUT2D eigenvalue weighted by Gasteiger charge is -2.11. The number of carbonyl (C=O) groups is 1. The molecule has 1 amide bonds. The Hall–Kier alpha value is -1.23. The number of amides is 1. The second-order valence-corrected chi connectivity index (χ2v) is 6.25. The number of anilines is 2. The Labute approximate surface area is 141 Å². The first-order valence-corrected chi connectivity index (χ1v) is 7.75. The van der Waals surface area contributed by atoms with E-state index in [9.17, 15) is 4.79 Å². The van der Waals surface area contributed by atoms with Crippen molar-refractivity contribution in [2.45, 2.75) is 6.92 Å². The molecule has 110 valence electrons. The number of rotatable bonds is 4. The van der Waals surface area contributed by atoms with Gasteiger partial charge in [-0.3, -0.25) is 4.79 Å². The van der Waals surface area contributed by atoms with Crippen LogP contribution in [0.25, 0.3) is 0 Å². The molecule has 0 saturated carbocycles. The fraction of sp³-hybridized carbons (Fsp3) is 0.133. The lowest BCUT2D eigenvalue weighted by molar-refractivity contribution is -0.114. The number of benzene rings is 2. The molecule has 0 bridgehead atoms. The highest BCUT2D eigenvalue weighted by molar-refractivity contribution is 9.10. The van der Waals surface area contributed by atoms with E-state index in [1.165, 1.54) is 0 Å². The number of carbonyl (C=O) groups excluding carboxylic acids is 1. The number of aryl methyl sites for hydroxylation is 1. The van der Waals surface area contributed by atoms with Crippen LogP contribution in [0.2, 0.25) is 10.0 Å². The van der Waals surface area contributed by atoms with Crippen molar-refractivity contribution in [3.63, 3.8) is 0 Å². The molecule has 2 N–H and O–H groups in total. The van der Waals surface area contributed by atoms with Gasteiger partial charge in [0, 0.05) is 10.2 Å². The van der Waals surface area contributed by atoms with Gasteiger partial charge in [-0.25, -0.2) is 0 Å². The van der Waals surface area contributed by atoms with Crippen LogP contribution in [0.1, 0.15) is 5.56 Å². The Kier molecular flexibility index (Phi) is 5.51. The second-order valence-electron chi connectivity index (χ2n) is 4.52. The molecule has 6 heteroatoms. The molecule has 0 aliphatic rings. The zero-order chi connectivity index (χ0) is 15.4. The molecule has 0 unspecified atom stereocenters. The number of nitrogens with one attached hydrogen (secondary N) is 2. The summed E-state index contributed by atoms with van der Waals surface area (Å²) < 4.78 is 0.785. The molecular formula is C15H13BrCl2N2O. The fourth-order valence-corrected chi connectivity index (χ4v) is 3.15. The summed E-state index contributed by atoms with van der Waals surface area (Å²) in [4.78, 5) is 11.9. The molecule has 0 fully saturated rings. The standard InChI is InChI=1S/C15H13BrCl2N2O/c1-9-3-2-4-11(5-9)20-14(21)8-19-15-12(17)6-10(16)7-13(15)18/h2-7,19H,8H2,1H3,(H,20,21). The van der Waals surface area contributed by atoms with Crippen molar-refractivity contribution in [3.8, 4) is 0 Å². The maximum absolute atomic E-state index is 11.9. The van der Waals surface area contributed by atoms with Crippen molar-refractivity contribution >= 4 is 56.4 Å². The monoisotopic (exact) mass is 386 g/mol. The van der Waals surface area contributed by atoms with Gasteiger partial charge < -0.3 is 10.6 Å². The Morgan fingerprint density at radius 3 is 2.48 bits per heavy atom. The lowest BCUT2D eigenvalue weighted by atomic mass is 10.2. The first kappa shape index (κ1) is 16.1. The molecule has 0 aliphatic heterocycles. The van der Waals surface area contributed by atoms with Crippen LogP contribution in [-0.4, -0.2) is 12.5 Å². The molecule has 2 aromatic carbocycles. The Balaban J connectivity index is 1.99. The lowest BCUT2D eigenvalue weighted by Crippen LogP contribution is -2.22. The smallest absolute Gasteiger partial charge is 0.243 e. The summed E-state index contributed by atoms with van der Waals surface area (Å²) in [7, 11) is 0. The minimum atomic E-state index is -0.171. The molecule has 0 aliphatic carbocycles. The first-order chi connectivity index (χ1) is 9.95. The zero-order valence-electron chi connectivity index (χ0n) is 11.2. The second kappa shape index (κ2) is 7.16. The molecule has 0 saturated heterocycles. The molecule has 21 heavy (non-hydrogen) atoms. The van der Waals surface area contributed by atoms with Gasteiger partial charge in [0.1, 0.15) is 0 Å². The first-order valence-electron chi connectivity index (χ1n) is 6.20. The zero-order valence-corrected chi connectivity index (χ0v) is 14.3. The number of hydrogen-bond donors (Lipinski definition) is 2. The van der Waals surface area contributed by atoms with Crippen molar-refractivity contribution in [1.82, 2.24) is 0 Å². The molecule has 2 rings (SSSR count). The quantitative estimate of drug-likeness (QED) is 0.764. The van der Waals surface area contributed by atoms with Gasteiger partial charge in [0.25, 0.3) is 0 Å². The van der Waals surface area contributed by atoms with E-state index in [-0.39, 0.29) is 12.5 Å². The molecule has 0 aromatic heterocycles. The maximum Gasteiger partial charge on any atom is 0.243 e. The molecule has 0 atom stereocenters. The van der Waals surface area contributed by atoms with E-state index < -0.39 is 0 Å². The number of hydrogen-bond acceptors (Lipinski definition) is 2. The van der Waals surface area contributed by atoms with Crippen molar-refractivity contribution in [1.29, 1.82) is 0 Å². The average Bonchev–Trinajstić information content (AvgIpc) is 2.37. The van der Waals surface area contributed by atoms with Gasteiger partial charge in [-0.05, 0) is 36.8 Å². The largest absolute Gasteiger partial charge is 0.374 e. The van der Waals surface area contributed by atoms with E-state index in [0.717, 1.165) is 15.7 Å². The van der Waals surface area contributed by atoms with Crippen LogP contribution in [-0.2, 0) is 4.79 Å². The van der Waals surface area contributed by atoms with Crippen LogP contribution in [0.4, 0.5) is 11.4 Å². The summed E-state index contributed by atoms with van der Waals surface area (Å²) in [6.45, 7) is 2.05. The summed E-state index contributed by atoms with van der Waals surface area (Å²) in [5.41, 5.74) is 2.38. The minimum absolute atomic E-state index is 0.0784. The van der Waals surface area contributed by atoms with Gasteiger partial charge in [0.15, 0.2) is 0 Å². The van der Waals surface area contributed by atoms with E-state index in [1.54, 1.807) is 12.1 Å². The van der Waals surface area contributed by atoms with Crippen molar-refractivity contribution < 1.29 is 4.79 Å². The topological polar surface area (TPSA) is 41.1 Å². The van der Waals surface area contributed by atoms with Gasteiger partial charge in [-0.2, -0.15) is 0 Å². The normalized spacial score (nSPS) is 10.3. The average molecular weight is 388 g/mol.